The van der Waals surface area contributed by atoms with Crippen LogP contribution in [0, 0.1) is 20.8 Å². The molecule has 0 N–H and O–H groups in total. The number of hydrogen-bond donors (Lipinski definition) is 0. The van der Waals surface area contributed by atoms with Crippen LogP contribution in [0.2, 0.25) is 0 Å². The summed E-state index contributed by atoms with van der Waals surface area (Å²) in [6.45, 7) is 8.76. The summed E-state index contributed by atoms with van der Waals surface area (Å²) in [4.78, 5) is 34.6. The molecule has 1 amide bonds. The second-order valence-electron chi connectivity index (χ2n) is 11.8. The normalized spacial score (nSPS) is 16.6. The van der Waals surface area contributed by atoms with E-state index in [1.54, 1.807) is 11.7 Å². The highest BCUT2D eigenvalue weighted by atomic mass is 16.5. The number of benzene rings is 2. The molecule has 3 aromatic rings. The number of nitrogens with zero attached hydrogens (tertiary/aromatic N) is 4. The Labute approximate surface area is 241 Å². The molecule has 41 heavy (non-hydrogen) atoms. The minimum absolute atomic E-state index is 0.192. The molecule has 3 aliphatic rings. The van der Waals surface area contributed by atoms with Gasteiger partial charge in [-0.1, -0.05) is 17.7 Å². The fourth-order valence-corrected chi connectivity index (χ4v) is 6.89. The Bertz CT molecular complexity index is 1520. The first-order chi connectivity index (χ1) is 19.8. The summed E-state index contributed by atoms with van der Waals surface area (Å²) in [6, 6.07) is 10.5. The molecule has 8 heteroatoms. The van der Waals surface area contributed by atoms with Gasteiger partial charge in [0, 0.05) is 49.9 Å². The van der Waals surface area contributed by atoms with Gasteiger partial charge in [-0.15, -0.1) is 0 Å². The van der Waals surface area contributed by atoms with Crippen LogP contribution in [0.5, 0.6) is 11.5 Å². The Morgan fingerprint density at radius 3 is 2.37 bits per heavy atom. The molecule has 1 saturated carbocycles. The minimum Gasteiger partial charge on any atom is -0.493 e. The Morgan fingerprint density at radius 2 is 1.68 bits per heavy atom. The molecule has 2 aromatic carbocycles. The van der Waals surface area contributed by atoms with Crippen LogP contribution >= 0.6 is 0 Å². The van der Waals surface area contributed by atoms with Gasteiger partial charge in [0.2, 0.25) is 5.91 Å². The first-order valence-corrected chi connectivity index (χ1v) is 15.0. The van der Waals surface area contributed by atoms with Crippen molar-refractivity contribution in [1.82, 2.24) is 14.5 Å². The molecule has 1 aromatic heterocycles. The van der Waals surface area contributed by atoms with Gasteiger partial charge < -0.3 is 19.3 Å². The van der Waals surface area contributed by atoms with Crippen LogP contribution in [0.3, 0.4) is 0 Å². The molecule has 2 aliphatic heterocycles. The molecule has 1 saturated heterocycles. The van der Waals surface area contributed by atoms with E-state index < -0.39 is 0 Å². The van der Waals surface area contributed by atoms with Crippen LogP contribution in [0.15, 0.2) is 35.1 Å². The van der Waals surface area contributed by atoms with Crippen molar-refractivity contribution >= 4 is 17.4 Å². The number of hydrogen-bond acceptors (Lipinski definition) is 6. The number of rotatable bonds is 8. The van der Waals surface area contributed by atoms with Gasteiger partial charge in [-0.2, -0.15) is 4.98 Å². The zero-order valence-corrected chi connectivity index (χ0v) is 24.7. The predicted molar refractivity (Wildman–Crippen MR) is 161 cm³/mol. The van der Waals surface area contributed by atoms with Gasteiger partial charge >= 0.3 is 5.69 Å². The van der Waals surface area contributed by atoms with Crippen molar-refractivity contribution in [3.8, 4) is 22.8 Å². The van der Waals surface area contributed by atoms with E-state index >= 15 is 0 Å². The van der Waals surface area contributed by atoms with E-state index in [1.807, 2.05) is 17.0 Å². The van der Waals surface area contributed by atoms with Crippen molar-refractivity contribution in [1.29, 1.82) is 0 Å². The van der Waals surface area contributed by atoms with Gasteiger partial charge in [-0.05, 0) is 88.1 Å². The smallest absolute Gasteiger partial charge is 0.350 e. The third-order valence-electron chi connectivity index (χ3n) is 8.81. The highest BCUT2D eigenvalue weighted by Gasteiger charge is 2.27. The lowest BCUT2D eigenvalue weighted by molar-refractivity contribution is -0.127. The van der Waals surface area contributed by atoms with Crippen molar-refractivity contribution in [2.24, 2.45) is 0 Å². The maximum Gasteiger partial charge on any atom is 0.350 e. The number of likely N-dealkylation sites (tertiary alicyclic amines) is 1. The van der Waals surface area contributed by atoms with E-state index in [4.69, 9.17) is 9.47 Å². The van der Waals surface area contributed by atoms with Crippen LogP contribution in [0.1, 0.15) is 60.8 Å². The quantitative estimate of drug-likeness (QED) is 0.366. The van der Waals surface area contributed by atoms with Crippen molar-refractivity contribution < 1.29 is 14.3 Å². The largest absolute Gasteiger partial charge is 0.493 e. The number of fused-ring (bicyclic) bond motifs is 3. The Kier molecular flexibility index (Phi) is 7.49. The topological polar surface area (TPSA) is 76.9 Å². The molecule has 8 nitrogen and oxygen atoms in total. The molecule has 0 spiro atoms. The van der Waals surface area contributed by atoms with Crippen molar-refractivity contribution in [2.75, 3.05) is 31.6 Å². The number of carbonyl (C=O) groups is 1. The first kappa shape index (κ1) is 27.4. The summed E-state index contributed by atoms with van der Waals surface area (Å²) in [5.41, 5.74) is 7.14. The molecule has 216 valence electrons. The SMILES string of the molecule is COc1cc2c(cc1OC1CCCC1)CCn1c-2cc(N(CCN2CCCC2=O)c2c(C)cc(C)cc2C)nc1=O. The maximum atomic E-state index is 13.5. The molecule has 1 aliphatic carbocycles. The number of ether oxygens (including phenoxy) is 2. The maximum absolute atomic E-state index is 13.5. The van der Waals surface area contributed by atoms with Crippen LogP contribution in [0.4, 0.5) is 11.5 Å². The fourth-order valence-electron chi connectivity index (χ4n) is 6.89. The second-order valence-corrected chi connectivity index (χ2v) is 11.8. The van der Waals surface area contributed by atoms with Crippen molar-refractivity contribution in [3.05, 3.63) is 63.1 Å². The number of amides is 1. The zero-order valence-electron chi connectivity index (χ0n) is 24.7. The van der Waals surface area contributed by atoms with Crippen LogP contribution < -0.4 is 20.1 Å². The minimum atomic E-state index is -0.266. The number of aromatic nitrogens is 2. The molecule has 0 radical (unpaired) electrons. The summed E-state index contributed by atoms with van der Waals surface area (Å²) in [7, 11) is 1.67. The zero-order chi connectivity index (χ0) is 28.7. The van der Waals surface area contributed by atoms with E-state index in [1.165, 1.54) is 18.4 Å². The van der Waals surface area contributed by atoms with Crippen LogP contribution in [-0.2, 0) is 17.8 Å². The first-order valence-electron chi connectivity index (χ1n) is 15.0. The Hall–Kier alpha value is -3.81. The van der Waals surface area contributed by atoms with Gasteiger partial charge in [-0.25, -0.2) is 4.79 Å². The van der Waals surface area contributed by atoms with E-state index in [0.29, 0.717) is 37.6 Å². The lowest BCUT2D eigenvalue weighted by Crippen LogP contribution is -2.36. The molecular weight excluding hydrogens is 516 g/mol. The molecule has 0 bridgehead atoms. The number of aryl methyl sites for hydroxylation is 4. The Morgan fingerprint density at radius 1 is 0.927 bits per heavy atom. The van der Waals surface area contributed by atoms with Gasteiger partial charge in [0.1, 0.15) is 5.82 Å². The average Bonchev–Trinajstić information content (AvgIpc) is 3.60. The monoisotopic (exact) mass is 556 g/mol. The lowest BCUT2D eigenvalue weighted by atomic mass is 9.96. The fraction of sp³-hybridized carbons (Fsp3) is 0.485. The van der Waals surface area contributed by atoms with E-state index in [2.05, 4.69) is 48.9 Å². The molecule has 3 heterocycles. The summed E-state index contributed by atoms with van der Waals surface area (Å²) < 4.78 is 13.9. The second kappa shape index (κ2) is 11.2. The number of carbonyl (C=O) groups excluding carboxylic acids is 1. The molecular formula is C33H40N4O4. The van der Waals surface area contributed by atoms with Crippen molar-refractivity contribution in [3.63, 3.8) is 0 Å². The summed E-state index contributed by atoms with van der Waals surface area (Å²) in [6.07, 6.45) is 7.00. The summed E-state index contributed by atoms with van der Waals surface area (Å²) >= 11 is 0. The number of anilines is 2. The van der Waals surface area contributed by atoms with E-state index in [0.717, 1.165) is 71.6 Å². The molecule has 2 fully saturated rings. The van der Waals surface area contributed by atoms with Crippen LogP contribution in [0.25, 0.3) is 11.3 Å². The third-order valence-corrected chi connectivity index (χ3v) is 8.81. The molecule has 0 unspecified atom stereocenters. The highest BCUT2D eigenvalue weighted by molar-refractivity contribution is 5.78. The van der Waals surface area contributed by atoms with E-state index in [-0.39, 0.29) is 17.7 Å². The average molecular weight is 557 g/mol. The number of methoxy groups -OCH3 is 1. The summed E-state index contributed by atoms with van der Waals surface area (Å²) in [5.74, 6) is 2.26. The molecule has 6 rings (SSSR count). The van der Waals surface area contributed by atoms with Crippen LogP contribution in [-0.4, -0.2) is 53.2 Å². The van der Waals surface area contributed by atoms with Gasteiger partial charge in [0.25, 0.3) is 0 Å². The van der Waals surface area contributed by atoms with Gasteiger partial charge in [-0.3, -0.25) is 9.36 Å². The van der Waals surface area contributed by atoms with Gasteiger partial charge in [0.05, 0.1) is 18.9 Å². The highest BCUT2D eigenvalue weighted by Crippen LogP contribution is 2.41. The molecule has 0 atom stereocenters. The Balaban J connectivity index is 1.43. The summed E-state index contributed by atoms with van der Waals surface area (Å²) in [5, 5.41) is 0. The lowest BCUT2D eigenvalue weighted by Gasteiger charge is -2.31. The van der Waals surface area contributed by atoms with Crippen molar-refractivity contribution in [2.45, 2.75) is 78.4 Å². The standard InChI is InChI=1S/C33H40N4O4/c1-21-16-22(2)32(23(3)17-21)37(15-14-35-12-7-10-31(35)38)30-20-27-26-19-28(40-4)29(41-25-8-5-6-9-25)18-24(26)11-13-36(27)33(39)34-30/h16-20,25H,5-15H2,1-4H3. The predicted octanol–water partition coefficient (Wildman–Crippen LogP) is 5.48. The van der Waals surface area contributed by atoms with E-state index in [9.17, 15) is 9.59 Å². The van der Waals surface area contributed by atoms with Gasteiger partial charge in [0.15, 0.2) is 11.5 Å². The third kappa shape index (κ3) is 5.32.